The van der Waals surface area contributed by atoms with Crippen molar-refractivity contribution in [3.8, 4) is 43.8 Å². The summed E-state index contributed by atoms with van der Waals surface area (Å²) in [6, 6.07) is 42.5. The maximum Gasteiger partial charge on any atom is 0.203 e. The first-order valence-corrected chi connectivity index (χ1v) is 14.2. The number of benzene rings is 5. The number of fused-ring (bicyclic) bond motifs is 6. The fourth-order valence-electron chi connectivity index (χ4n) is 6.41. The lowest BCUT2D eigenvalue weighted by atomic mass is 9.93. The van der Waals surface area contributed by atoms with Crippen LogP contribution in [0.5, 0.6) is 0 Å². The molecule has 39 heavy (non-hydrogen) atoms. The van der Waals surface area contributed by atoms with Crippen molar-refractivity contribution in [3.05, 3.63) is 154 Å². The van der Waals surface area contributed by atoms with E-state index in [1.807, 2.05) is 30.3 Å². The Morgan fingerprint density at radius 3 is 1.62 bits per heavy atom. The lowest BCUT2D eigenvalue weighted by Crippen LogP contribution is -2.00. The van der Waals surface area contributed by atoms with Gasteiger partial charge in [0.05, 0.1) is 4.88 Å². The Balaban J connectivity index is 1.33. The van der Waals surface area contributed by atoms with Gasteiger partial charge < -0.3 is 0 Å². The molecular weight excluding hydrogens is 492 g/mol. The van der Waals surface area contributed by atoms with Gasteiger partial charge in [-0.05, 0) is 74.5 Å². The van der Waals surface area contributed by atoms with E-state index in [0.717, 1.165) is 33.7 Å². The van der Waals surface area contributed by atoms with Gasteiger partial charge in [-0.1, -0.05) is 115 Å². The average molecular weight is 517 g/mol. The lowest BCUT2D eigenvalue weighted by molar-refractivity contribution is 0.104. The fourth-order valence-corrected chi connectivity index (χ4v) is 7.60. The Morgan fingerprint density at radius 1 is 0.487 bits per heavy atom. The zero-order valence-electron chi connectivity index (χ0n) is 21.3. The zero-order valence-corrected chi connectivity index (χ0v) is 22.1. The minimum atomic E-state index is 0.0887. The smallest absolute Gasteiger partial charge is 0.203 e. The topological polar surface area (TPSA) is 17.1 Å². The first-order valence-electron chi connectivity index (χ1n) is 13.4. The molecule has 1 aromatic heterocycles. The van der Waals surface area contributed by atoms with Crippen LogP contribution < -0.4 is 0 Å². The highest BCUT2D eigenvalue weighted by Gasteiger charge is 2.28. The number of carbonyl (C=O) groups excluding carboxylic acids is 1. The third-order valence-electron chi connectivity index (χ3n) is 8.23. The highest BCUT2D eigenvalue weighted by Crippen LogP contribution is 2.48. The molecule has 0 N–H and O–H groups in total. The van der Waals surface area contributed by atoms with Gasteiger partial charge in [-0.25, -0.2) is 0 Å². The summed E-state index contributed by atoms with van der Waals surface area (Å²) in [5.74, 6) is 0.0887. The van der Waals surface area contributed by atoms with Gasteiger partial charge in [0.15, 0.2) is 0 Å². The summed E-state index contributed by atoms with van der Waals surface area (Å²) in [7, 11) is 0. The van der Waals surface area contributed by atoms with E-state index in [1.165, 1.54) is 55.6 Å². The standard InChI is InChI=1S/C37H24OS/c38-36(23-10-2-1-3-11-23)37-34(30-18-8-16-28-26-14-6-4-12-24(26)20-32(28)30)22-35(39-37)31-19-9-17-29-27-15-7-5-13-25(27)21-33(29)31/h1-19,22H,20-21H2. The summed E-state index contributed by atoms with van der Waals surface area (Å²) in [5.41, 5.74) is 14.8. The van der Waals surface area contributed by atoms with Gasteiger partial charge in [0, 0.05) is 16.0 Å². The molecule has 6 aromatic rings. The molecule has 0 bridgehead atoms. The molecule has 0 fully saturated rings. The largest absolute Gasteiger partial charge is 0.288 e. The predicted octanol–water partition coefficient (Wildman–Crippen LogP) is 9.46. The Kier molecular flexibility index (Phi) is 5.04. The fraction of sp³-hybridized carbons (Fsp3) is 0.0541. The average Bonchev–Trinajstić information content (AvgIpc) is 3.70. The van der Waals surface area contributed by atoms with Crippen molar-refractivity contribution >= 4 is 17.1 Å². The number of thiophene rings is 1. The summed E-state index contributed by atoms with van der Waals surface area (Å²) < 4.78 is 0. The molecular formula is C37H24OS. The Hall–Kier alpha value is -4.53. The van der Waals surface area contributed by atoms with Crippen molar-refractivity contribution in [2.45, 2.75) is 12.8 Å². The zero-order chi connectivity index (χ0) is 25.9. The molecule has 0 spiro atoms. The van der Waals surface area contributed by atoms with Crippen LogP contribution in [0.15, 0.2) is 121 Å². The third-order valence-corrected chi connectivity index (χ3v) is 9.40. The Morgan fingerprint density at radius 2 is 0.974 bits per heavy atom. The molecule has 1 heterocycles. The van der Waals surface area contributed by atoms with Gasteiger partial charge in [0.1, 0.15) is 0 Å². The van der Waals surface area contributed by atoms with Crippen molar-refractivity contribution in [2.75, 3.05) is 0 Å². The van der Waals surface area contributed by atoms with E-state index in [-0.39, 0.29) is 5.78 Å². The van der Waals surface area contributed by atoms with Crippen LogP contribution in [-0.2, 0) is 12.8 Å². The molecule has 1 nitrogen and oxygen atoms in total. The number of ketones is 1. The van der Waals surface area contributed by atoms with Crippen LogP contribution in [0.3, 0.4) is 0 Å². The maximum absolute atomic E-state index is 14.0. The van der Waals surface area contributed by atoms with Crippen molar-refractivity contribution in [2.24, 2.45) is 0 Å². The van der Waals surface area contributed by atoms with Gasteiger partial charge in [-0.2, -0.15) is 0 Å². The van der Waals surface area contributed by atoms with Crippen LogP contribution >= 0.6 is 11.3 Å². The normalized spacial score (nSPS) is 12.5. The minimum absolute atomic E-state index is 0.0887. The van der Waals surface area contributed by atoms with E-state index in [2.05, 4.69) is 91.0 Å². The molecule has 5 aromatic carbocycles. The lowest BCUT2D eigenvalue weighted by Gasteiger charge is -2.10. The second kappa shape index (κ2) is 8.76. The summed E-state index contributed by atoms with van der Waals surface area (Å²) in [6.45, 7) is 0. The number of rotatable bonds is 4. The van der Waals surface area contributed by atoms with Crippen molar-refractivity contribution in [1.82, 2.24) is 0 Å². The highest BCUT2D eigenvalue weighted by atomic mass is 32.1. The summed E-state index contributed by atoms with van der Waals surface area (Å²) in [6.07, 6.45) is 1.81. The van der Waals surface area contributed by atoms with Gasteiger partial charge in [-0.3, -0.25) is 4.79 Å². The molecule has 8 rings (SSSR count). The van der Waals surface area contributed by atoms with Gasteiger partial charge >= 0.3 is 0 Å². The van der Waals surface area contributed by atoms with E-state index < -0.39 is 0 Å². The van der Waals surface area contributed by atoms with Gasteiger partial charge in [-0.15, -0.1) is 11.3 Å². The van der Waals surface area contributed by atoms with Crippen LogP contribution in [-0.4, -0.2) is 5.78 Å². The molecule has 0 saturated heterocycles. The molecule has 0 saturated carbocycles. The highest BCUT2D eigenvalue weighted by molar-refractivity contribution is 7.18. The second-order valence-corrected chi connectivity index (χ2v) is 11.4. The Bertz CT molecular complexity index is 1930. The first kappa shape index (κ1) is 22.5. The quantitative estimate of drug-likeness (QED) is 0.213. The molecule has 184 valence electrons. The Labute approximate surface area is 232 Å². The predicted molar refractivity (Wildman–Crippen MR) is 162 cm³/mol. The van der Waals surface area contributed by atoms with Crippen LogP contribution in [0.25, 0.3) is 43.8 Å². The van der Waals surface area contributed by atoms with E-state index >= 15 is 0 Å². The van der Waals surface area contributed by atoms with Crippen LogP contribution in [0.4, 0.5) is 0 Å². The second-order valence-electron chi connectivity index (χ2n) is 10.4. The summed E-state index contributed by atoms with van der Waals surface area (Å²) in [4.78, 5) is 16.0. The monoisotopic (exact) mass is 516 g/mol. The van der Waals surface area contributed by atoms with E-state index in [1.54, 1.807) is 11.3 Å². The molecule has 0 aliphatic heterocycles. The van der Waals surface area contributed by atoms with Crippen molar-refractivity contribution < 1.29 is 4.79 Å². The SMILES string of the molecule is O=C(c1ccccc1)c1sc(-c2cccc3c2Cc2ccccc2-3)cc1-c1cccc2c1Cc1ccccc1-2. The van der Waals surface area contributed by atoms with E-state index in [9.17, 15) is 4.79 Å². The minimum Gasteiger partial charge on any atom is -0.288 e. The number of carbonyl (C=O) groups is 1. The molecule has 0 unspecified atom stereocenters. The van der Waals surface area contributed by atoms with Crippen molar-refractivity contribution in [3.63, 3.8) is 0 Å². The first-order chi connectivity index (χ1) is 19.3. The van der Waals surface area contributed by atoms with Crippen LogP contribution in [0, 0.1) is 0 Å². The van der Waals surface area contributed by atoms with Gasteiger partial charge in [0.2, 0.25) is 5.78 Å². The summed E-state index contributed by atoms with van der Waals surface area (Å²) >= 11 is 1.63. The van der Waals surface area contributed by atoms with Crippen LogP contribution in [0.2, 0.25) is 0 Å². The molecule has 0 amide bonds. The van der Waals surface area contributed by atoms with E-state index in [0.29, 0.717) is 0 Å². The number of hydrogen-bond donors (Lipinski definition) is 0. The maximum atomic E-state index is 14.0. The third kappa shape index (κ3) is 3.49. The summed E-state index contributed by atoms with van der Waals surface area (Å²) in [5, 5.41) is 0. The van der Waals surface area contributed by atoms with E-state index in [4.69, 9.17) is 0 Å². The van der Waals surface area contributed by atoms with Crippen molar-refractivity contribution in [1.29, 1.82) is 0 Å². The molecule has 0 atom stereocenters. The molecule has 2 heteroatoms. The number of hydrogen-bond acceptors (Lipinski definition) is 2. The molecule has 2 aliphatic carbocycles. The van der Waals surface area contributed by atoms with Gasteiger partial charge in [0.25, 0.3) is 0 Å². The van der Waals surface area contributed by atoms with Crippen LogP contribution in [0.1, 0.15) is 37.5 Å². The molecule has 2 aliphatic rings. The molecule has 0 radical (unpaired) electrons.